The number of hydrogen-bond donors (Lipinski definition) is 1. The largest absolute Gasteiger partial charge is 0.324 e. The summed E-state index contributed by atoms with van der Waals surface area (Å²) in [5.74, 6) is -0.957. The number of anilines is 1. The van der Waals surface area contributed by atoms with E-state index in [-0.39, 0.29) is 27.1 Å². The standard InChI is InChI=1S/C23H16ClFN4O4S/c1-13(21(30)26-20-12-16(29(32)33)10-11-18(20)24)34-23-27-19-5-3-2-4-17(19)22(31)28(23)15-8-6-14(25)7-9-15/h2-13H,1H3,(H,26,30). The minimum atomic E-state index is -0.768. The third-order valence-electron chi connectivity index (χ3n) is 4.90. The van der Waals surface area contributed by atoms with Crippen LogP contribution in [0.1, 0.15) is 6.92 Å². The molecule has 1 aromatic heterocycles. The van der Waals surface area contributed by atoms with Crippen molar-refractivity contribution in [3.8, 4) is 5.69 Å². The Labute approximate surface area is 201 Å². The van der Waals surface area contributed by atoms with Crippen molar-refractivity contribution in [2.75, 3.05) is 5.32 Å². The van der Waals surface area contributed by atoms with Gasteiger partial charge in [0.05, 0.1) is 37.5 Å². The van der Waals surface area contributed by atoms with E-state index in [1.165, 1.54) is 47.0 Å². The van der Waals surface area contributed by atoms with E-state index < -0.39 is 21.9 Å². The van der Waals surface area contributed by atoms with Crippen molar-refractivity contribution < 1.29 is 14.1 Å². The molecule has 11 heteroatoms. The molecule has 0 aliphatic rings. The van der Waals surface area contributed by atoms with Gasteiger partial charge in [-0.2, -0.15) is 0 Å². The molecule has 3 aromatic carbocycles. The monoisotopic (exact) mass is 498 g/mol. The van der Waals surface area contributed by atoms with Gasteiger partial charge in [-0.15, -0.1) is 0 Å². The lowest BCUT2D eigenvalue weighted by Crippen LogP contribution is -2.26. The highest BCUT2D eigenvalue weighted by molar-refractivity contribution is 8.00. The van der Waals surface area contributed by atoms with Crippen molar-refractivity contribution in [3.63, 3.8) is 0 Å². The molecule has 0 fully saturated rings. The van der Waals surface area contributed by atoms with Gasteiger partial charge in [0, 0.05) is 12.1 Å². The molecule has 1 N–H and O–H groups in total. The molecule has 0 aliphatic heterocycles. The van der Waals surface area contributed by atoms with Crippen molar-refractivity contribution in [1.82, 2.24) is 9.55 Å². The summed E-state index contributed by atoms with van der Waals surface area (Å²) in [6.07, 6.45) is 0. The van der Waals surface area contributed by atoms with Gasteiger partial charge in [0.15, 0.2) is 5.16 Å². The Kier molecular flexibility index (Phi) is 6.62. The quantitative estimate of drug-likeness (QED) is 0.169. The zero-order valence-corrected chi connectivity index (χ0v) is 19.1. The van der Waals surface area contributed by atoms with Gasteiger partial charge in [-0.25, -0.2) is 9.37 Å². The lowest BCUT2D eigenvalue weighted by Gasteiger charge is -2.17. The Morgan fingerprint density at radius 2 is 1.88 bits per heavy atom. The molecule has 0 bridgehead atoms. The van der Waals surface area contributed by atoms with Crippen molar-refractivity contribution >= 4 is 51.5 Å². The fraction of sp³-hybridized carbons (Fsp3) is 0.0870. The van der Waals surface area contributed by atoms with Crippen LogP contribution in [0.2, 0.25) is 5.02 Å². The molecule has 1 heterocycles. The maximum atomic E-state index is 13.5. The number of hydrogen-bond acceptors (Lipinski definition) is 6. The zero-order valence-electron chi connectivity index (χ0n) is 17.6. The number of nitro benzene ring substituents is 1. The number of carbonyl (C=O) groups excluding carboxylic acids is 1. The molecule has 0 saturated carbocycles. The Balaban J connectivity index is 1.70. The molecule has 0 aliphatic carbocycles. The summed E-state index contributed by atoms with van der Waals surface area (Å²) in [6.45, 7) is 1.60. The highest BCUT2D eigenvalue weighted by atomic mass is 35.5. The SMILES string of the molecule is CC(Sc1nc2ccccc2c(=O)n1-c1ccc(F)cc1)C(=O)Nc1cc([N+](=O)[O-])ccc1Cl. The van der Waals surface area contributed by atoms with Gasteiger partial charge in [0.2, 0.25) is 5.91 Å². The van der Waals surface area contributed by atoms with Gasteiger partial charge in [-0.05, 0) is 49.4 Å². The molecule has 34 heavy (non-hydrogen) atoms. The summed E-state index contributed by atoms with van der Waals surface area (Å²) in [4.78, 5) is 41.1. The molecule has 0 saturated heterocycles. The molecule has 1 unspecified atom stereocenters. The van der Waals surface area contributed by atoms with Crippen molar-refractivity contribution in [2.45, 2.75) is 17.3 Å². The van der Waals surface area contributed by atoms with Gasteiger partial charge in [0.25, 0.3) is 11.2 Å². The zero-order chi connectivity index (χ0) is 24.4. The Morgan fingerprint density at radius 1 is 1.18 bits per heavy atom. The maximum Gasteiger partial charge on any atom is 0.271 e. The van der Waals surface area contributed by atoms with Gasteiger partial charge in [-0.3, -0.25) is 24.3 Å². The van der Waals surface area contributed by atoms with E-state index in [9.17, 15) is 24.1 Å². The molecule has 1 amide bonds. The number of benzene rings is 3. The summed E-state index contributed by atoms with van der Waals surface area (Å²) in [7, 11) is 0. The van der Waals surface area contributed by atoms with Crippen molar-refractivity contribution in [2.24, 2.45) is 0 Å². The maximum absolute atomic E-state index is 13.5. The predicted molar refractivity (Wildman–Crippen MR) is 129 cm³/mol. The van der Waals surface area contributed by atoms with E-state index in [1.807, 2.05) is 0 Å². The molecule has 1 atom stereocenters. The first-order chi connectivity index (χ1) is 16.2. The minimum absolute atomic E-state index is 0.0933. The van der Waals surface area contributed by atoms with E-state index in [0.29, 0.717) is 16.6 Å². The highest BCUT2D eigenvalue weighted by Gasteiger charge is 2.22. The molecule has 4 aromatic rings. The second kappa shape index (κ2) is 9.62. The Bertz CT molecular complexity index is 1480. The normalized spacial score (nSPS) is 11.9. The van der Waals surface area contributed by atoms with Gasteiger partial charge in [-0.1, -0.05) is 35.5 Å². The minimum Gasteiger partial charge on any atom is -0.324 e. The number of amides is 1. The van der Waals surface area contributed by atoms with Crippen LogP contribution in [-0.2, 0) is 4.79 Å². The molecule has 4 rings (SSSR count). The fourth-order valence-electron chi connectivity index (χ4n) is 3.18. The molecule has 172 valence electrons. The number of non-ortho nitro benzene ring substituents is 1. The van der Waals surface area contributed by atoms with E-state index in [0.717, 1.165) is 11.8 Å². The average Bonchev–Trinajstić information content (AvgIpc) is 2.81. The van der Waals surface area contributed by atoms with Crippen LogP contribution in [0.5, 0.6) is 0 Å². The van der Waals surface area contributed by atoms with E-state index in [1.54, 1.807) is 31.2 Å². The number of fused-ring (bicyclic) bond motifs is 1. The summed E-state index contributed by atoms with van der Waals surface area (Å²) in [6, 6.07) is 15.9. The van der Waals surface area contributed by atoms with E-state index in [2.05, 4.69) is 10.3 Å². The molecular weight excluding hydrogens is 483 g/mol. The number of para-hydroxylation sites is 1. The summed E-state index contributed by atoms with van der Waals surface area (Å²) in [5, 5.41) is 13.6. The first-order valence-electron chi connectivity index (χ1n) is 9.94. The first kappa shape index (κ1) is 23.4. The number of nitro groups is 1. The predicted octanol–water partition coefficient (Wildman–Crippen LogP) is 5.21. The molecule has 0 spiro atoms. The summed E-state index contributed by atoms with van der Waals surface area (Å²) >= 11 is 7.09. The number of nitrogens with one attached hydrogen (secondary N) is 1. The van der Waals surface area contributed by atoms with Crippen LogP contribution in [0.3, 0.4) is 0 Å². The van der Waals surface area contributed by atoms with Crippen LogP contribution in [0.25, 0.3) is 16.6 Å². The van der Waals surface area contributed by atoms with Crippen LogP contribution < -0.4 is 10.9 Å². The average molecular weight is 499 g/mol. The fourth-order valence-corrected chi connectivity index (χ4v) is 4.27. The number of rotatable bonds is 6. The smallest absolute Gasteiger partial charge is 0.271 e. The molecule has 0 radical (unpaired) electrons. The van der Waals surface area contributed by atoms with Crippen molar-refractivity contribution in [1.29, 1.82) is 0 Å². The van der Waals surface area contributed by atoms with E-state index in [4.69, 9.17) is 11.6 Å². The van der Waals surface area contributed by atoms with Crippen LogP contribution in [0.15, 0.2) is 76.7 Å². The Morgan fingerprint density at radius 3 is 2.59 bits per heavy atom. The van der Waals surface area contributed by atoms with Crippen LogP contribution in [0, 0.1) is 15.9 Å². The molecular formula is C23H16ClFN4O4S. The number of thioether (sulfide) groups is 1. The van der Waals surface area contributed by atoms with Crippen molar-refractivity contribution in [3.05, 3.63) is 98.0 Å². The third-order valence-corrected chi connectivity index (χ3v) is 6.28. The lowest BCUT2D eigenvalue weighted by atomic mass is 10.2. The molecule has 8 nitrogen and oxygen atoms in total. The van der Waals surface area contributed by atoms with Gasteiger partial charge >= 0.3 is 0 Å². The lowest BCUT2D eigenvalue weighted by molar-refractivity contribution is -0.384. The number of carbonyl (C=O) groups is 1. The summed E-state index contributed by atoms with van der Waals surface area (Å²) in [5.41, 5.74) is 0.343. The highest BCUT2D eigenvalue weighted by Crippen LogP contribution is 2.29. The van der Waals surface area contributed by atoms with Crippen LogP contribution in [0.4, 0.5) is 15.8 Å². The van der Waals surface area contributed by atoms with Crippen LogP contribution in [-0.4, -0.2) is 25.6 Å². The number of halogens is 2. The second-order valence-corrected chi connectivity index (χ2v) is 8.91. The van der Waals surface area contributed by atoms with Crippen LogP contribution >= 0.6 is 23.4 Å². The summed E-state index contributed by atoms with van der Waals surface area (Å²) < 4.78 is 14.8. The second-order valence-electron chi connectivity index (χ2n) is 7.20. The number of nitrogens with zero attached hydrogens (tertiary/aromatic N) is 3. The third kappa shape index (κ3) is 4.78. The number of aromatic nitrogens is 2. The van der Waals surface area contributed by atoms with E-state index >= 15 is 0 Å². The Hall–Kier alpha value is -3.76. The van der Waals surface area contributed by atoms with Gasteiger partial charge < -0.3 is 5.32 Å². The van der Waals surface area contributed by atoms with Gasteiger partial charge in [0.1, 0.15) is 5.82 Å². The topological polar surface area (TPSA) is 107 Å². The first-order valence-corrected chi connectivity index (χ1v) is 11.2.